The third-order valence-electron chi connectivity index (χ3n) is 8.09. The van der Waals surface area contributed by atoms with Gasteiger partial charge in [-0.05, 0) is 67.5 Å². The Kier molecular flexibility index (Phi) is 10.8. The van der Waals surface area contributed by atoms with Crippen LogP contribution < -0.4 is 15.4 Å². The zero-order valence-corrected chi connectivity index (χ0v) is 29.1. The average molecular weight is 669 g/mol. The summed E-state index contributed by atoms with van der Waals surface area (Å²) in [6.45, 7) is 9.49. The van der Waals surface area contributed by atoms with Gasteiger partial charge in [-0.1, -0.05) is 63.3 Å². The lowest BCUT2D eigenvalue weighted by Crippen LogP contribution is -2.60. The molecular weight excluding hydrogens is 625 g/mol. The minimum atomic E-state index is -3.82. The van der Waals surface area contributed by atoms with Gasteiger partial charge in [-0.25, -0.2) is 8.42 Å². The van der Waals surface area contributed by atoms with Crippen molar-refractivity contribution in [2.24, 2.45) is 0 Å². The number of nitrogens with one attached hydrogen (secondary N) is 3. The molecule has 3 N–H and O–H groups in total. The molecule has 2 heterocycles. The second kappa shape index (κ2) is 14.1. The minimum Gasteiger partial charge on any atom is -0.410 e. The van der Waals surface area contributed by atoms with Crippen molar-refractivity contribution in [1.29, 1.82) is 0 Å². The summed E-state index contributed by atoms with van der Waals surface area (Å²) in [5, 5.41) is 7.54. The number of carbonyl (C=O) groups is 4. The van der Waals surface area contributed by atoms with Gasteiger partial charge in [0.25, 0.3) is 5.91 Å². The Balaban J connectivity index is 1.54. The monoisotopic (exact) mass is 668 g/mol. The third kappa shape index (κ3) is 9.26. The first-order valence-electron chi connectivity index (χ1n) is 15.5. The van der Waals surface area contributed by atoms with Crippen LogP contribution in [0, 0.1) is 0 Å². The van der Waals surface area contributed by atoms with E-state index in [0.717, 1.165) is 17.0 Å². The van der Waals surface area contributed by atoms with Crippen molar-refractivity contribution in [3.8, 4) is 0 Å². The molecular formula is C33H44N4O7SSi. The zero-order valence-electron chi connectivity index (χ0n) is 27.3. The van der Waals surface area contributed by atoms with Crippen LogP contribution in [0.2, 0.25) is 5.04 Å². The van der Waals surface area contributed by atoms with E-state index in [2.05, 4.69) is 10.6 Å². The lowest BCUT2D eigenvalue weighted by molar-refractivity contribution is -0.143. The number of benzene rings is 2. The number of hydrogen-bond acceptors (Lipinski definition) is 7. The largest absolute Gasteiger partial charge is 0.410 e. The normalized spacial score (nSPS) is 21.9. The number of rotatable bonds is 10. The molecule has 2 aromatic rings. The Morgan fingerprint density at radius 1 is 1.00 bits per heavy atom. The summed E-state index contributed by atoms with van der Waals surface area (Å²) in [6.07, 6.45) is 6.23. The fourth-order valence-corrected chi connectivity index (χ4v) is 6.90. The summed E-state index contributed by atoms with van der Waals surface area (Å²) in [5.74, 6) is -1.98. The summed E-state index contributed by atoms with van der Waals surface area (Å²) in [7, 11) is -3.78. The molecule has 1 saturated heterocycles. The maximum Gasteiger partial charge on any atom is 0.251 e. The first-order valence-corrected chi connectivity index (χ1v) is 18.3. The van der Waals surface area contributed by atoms with Crippen LogP contribution in [-0.4, -0.2) is 82.7 Å². The Morgan fingerprint density at radius 3 is 2.35 bits per heavy atom. The first kappa shape index (κ1) is 35.3. The van der Waals surface area contributed by atoms with Crippen molar-refractivity contribution in [1.82, 2.24) is 20.3 Å². The van der Waals surface area contributed by atoms with Crippen molar-refractivity contribution >= 4 is 54.2 Å². The van der Waals surface area contributed by atoms with E-state index >= 15 is 0 Å². The molecule has 2 aliphatic heterocycles. The third-order valence-corrected chi connectivity index (χ3v) is 9.93. The predicted molar refractivity (Wildman–Crippen MR) is 177 cm³/mol. The topological polar surface area (TPSA) is 151 Å². The number of nitrogens with zero attached hydrogens (tertiary/aromatic N) is 1. The standard InChI is InChI=1S/C33H44N4O7SSi/c1-32(2,3)46-44-33(4,5)27(20-28(38)36-45(6,42)43)35-30(40)26-18-17-24-13-9-10-14-25(31(41)37(24)26)34-29(39)23-16-15-21-11-7-8-12-22(21)19-23/h7-12,15-16,19,24-27H,13-14,17-18,20H2,1-6H3,(H,34,39)(H,35,40)(H,36,38)/b10-9-. The number of hydrogen-bond donors (Lipinski definition) is 3. The van der Waals surface area contributed by atoms with Crippen molar-refractivity contribution in [3.05, 3.63) is 60.2 Å². The highest BCUT2D eigenvalue weighted by atomic mass is 32.2. The highest BCUT2D eigenvalue weighted by molar-refractivity contribution is 7.89. The Hall–Kier alpha value is -3.55. The second-order valence-corrected chi connectivity index (χ2v) is 17.3. The van der Waals surface area contributed by atoms with E-state index in [9.17, 15) is 27.6 Å². The molecule has 2 aliphatic rings. The molecule has 11 nitrogen and oxygen atoms in total. The van der Waals surface area contributed by atoms with E-state index < -0.39 is 45.6 Å². The van der Waals surface area contributed by atoms with Crippen LogP contribution in [-0.2, 0) is 28.8 Å². The molecule has 4 amide bonds. The van der Waals surface area contributed by atoms with E-state index in [0.29, 0.717) is 24.8 Å². The molecule has 1 fully saturated rings. The molecule has 0 spiro atoms. The SMILES string of the molecule is CC(C)(C)[Si]OC(C)(C)C(CC(=O)NS(C)(=O)=O)NC(=O)C1CCC2C/C=C\CC(NC(=O)c3ccc4ccccc4c3)C(=O)N21. The van der Waals surface area contributed by atoms with Crippen LogP contribution in [0.15, 0.2) is 54.6 Å². The summed E-state index contributed by atoms with van der Waals surface area (Å²) in [5.41, 5.74) is -0.619. The van der Waals surface area contributed by atoms with Crippen molar-refractivity contribution in [2.75, 3.05) is 6.26 Å². The van der Waals surface area contributed by atoms with Gasteiger partial charge in [0.05, 0.1) is 24.3 Å². The Bertz CT molecular complexity index is 1620. The van der Waals surface area contributed by atoms with Crippen LogP contribution in [0.25, 0.3) is 10.8 Å². The second-order valence-electron chi connectivity index (χ2n) is 13.6. The molecule has 46 heavy (non-hydrogen) atoms. The molecule has 0 bridgehead atoms. The molecule has 13 heteroatoms. The van der Waals surface area contributed by atoms with Crippen LogP contribution in [0.5, 0.6) is 0 Å². The van der Waals surface area contributed by atoms with E-state index in [4.69, 9.17) is 4.43 Å². The predicted octanol–water partition coefficient (Wildman–Crippen LogP) is 3.23. The maximum atomic E-state index is 14.0. The summed E-state index contributed by atoms with van der Waals surface area (Å²) in [4.78, 5) is 55.6. The average Bonchev–Trinajstić information content (AvgIpc) is 3.38. The Morgan fingerprint density at radius 2 is 1.67 bits per heavy atom. The molecule has 248 valence electrons. The number of sulfonamides is 1. The number of carbonyl (C=O) groups excluding carboxylic acids is 4. The van der Waals surface area contributed by atoms with Crippen LogP contribution in [0.4, 0.5) is 0 Å². The zero-order chi connectivity index (χ0) is 33.9. The van der Waals surface area contributed by atoms with Crippen molar-refractivity contribution in [3.63, 3.8) is 0 Å². The van der Waals surface area contributed by atoms with Gasteiger partial charge in [-0.3, -0.25) is 23.9 Å². The number of amides is 4. The van der Waals surface area contributed by atoms with Crippen LogP contribution >= 0.6 is 0 Å². The number of fused-ring (bicyclic) bond motifs is 2. The molecule has 4 rings (SSSR count). The lowest BCUT2D eigenvalue weighted by atomic mass is 9.95. The van der Waals surface area contributed by atoms with E-state index in [1.54, 1.807) is 30.9 Å². The fraction of sp³-hybridized carbons (Fsp3) is 0.515. The first-order chi connectivity index (χ1) is 21.4. The summed E-state index contributed by atoms with van der Waals surface area (Å²) in [6, 6.07) is 10.2. The van der Waals surface area contributed by atoms with Gasteiger partial charge in [0.15, 0.2) is 0 Å². The summed E-state index contributed by atoms with van der Waals surface area (Å²) >= 11 is 0. The molecule has 4 unspecified atom stereocenters. The van der Waals surface area contributed by atoms with Crippen LogP contribution in [0.1, 0.15) is 77.1 Å². The Labute approximate surface area is 273 Å². The van der Waals surface area contributed by atoms with Gasteiger partial charge < -0.3 is 20.0 Å². The lowest BCUT2D eigenvalue weighted by Gasteiger charge is -2.38. The summed E-state index contributed by atoms with van der Waals surface area (Å²) < 4.78 is 31.6. The van der Waals surface area contributed by atoms with Crippen molar-refractivity contribution in [2.45, 2.75) is 102 Å². The molecule has 0 aliphatic carbocycles. The van der Waals surface area contributed by atoms with Gasteiger partial charge in [0.2, 0.25) is 37.5 Å². The highest BCUT2D eigenvalue weighted by Crippen LogP contribution is 2.31. The maximum absolute atomic E-state index is 14.0. The highest BCUT2D eigenvalue weighted by Gasteiger charge is 2.45. The molecule has 0 aromatic heterocycles. The van der Waals surface area contributed by atoms with Gasteiger partial charge in [-0.2, -0.15) is 0 Å². The van der Waals surface area contributed by atoms with Gasteiger partial charge in [-0.15, -0.1) is 0 Å². The molecule has 4 atom stereocenters. The fourth-order valence-electron chi connectivity index (χ4n) is 5.69. The van der Waals surface area contributed by atoms with E-state index in [-0.39, 0.29) is 45.5 Å². The molecule has 2 aromatic carbocycles. The molecule has 2 radical (unpaired) electrons. The van der Waals surface area contributed by atoms with E-state index in [1.165, 1.54) is 0 Å². The van der Waals surface area contributed by atoms with Crippen LogP contribution in [0.3, 0.4) is 0 Å². The quantitative estimate of drug-likeness (QED) is 0.260. The van der Waals surface area contributed by atoms with Gasteiger partial charge in [0.1, 0.15) is 12.1 Å². The van der Waals surface area contributed by atoms with E-state index in [1.807, 2.05) is 68.0 Å². The smallest absolute Gasteiger partial charge is 0.251 e. The van der Waals surface area contributed by atoms with Gasteiger partial charge in [0, 0.05) is 11.6 Å². The van der Waals surface area contributed by atoms with Crippen molar-refractivity contribution < 1.29 is 32.0 Å². The molecule has 0 saturated carbocycles. The minimum absolute atomic E-state index is 0.0330. The van der Waals surface area contributed by atoms with Gasteiger partial charge >= 0.3 is 0 Å².